The van der Waals surface area contributed by atoms with Gasteiger partial charge in [0.05, 0.1) is 6.10 Å². The molecule has 0 amide bonds. The van der Waals surface area contributed by atoms with Gasteiger partial charge in [0.1, 0.15) is 0 Å². The summed E-state index contributed by atoms with van der Waals surface area (Å²) in [4.78, 5) is 0. The first-order chi connectivity index (χ1) is 5.07. The molecule has 0 aromatic rings. The summed E-state index contributed by atoms with van der Waals surface area (Å²) in [6.07, 6.45) is 0.954. The van der Waals surface area contributed by atoms with Crippen LogP contribution in [0.5, 0.6) is 0 Å². The number of hydrogen-bond donors (Lipinski definition) is 2. The van der Waals surface area contributed by atoms with E-state index in [0.29, 0.717) is 18.5 Å². The Balaban J connectivity index is 3.43. The third-order valence-electron chi connectivity index (χ3n) is 2.23. The maximum atomic E-state index is 8.99. The first kappa shape index (κ1) is 10.9. The van der Waals surface area contributed by atoms with E-state index in [0.717, 1.165) is 0 Å². The lowest BCUT2D eigenvalue weighted by molar-refractivity contribution is 0.182. The summed E-state index contributed by atoms with van der Waals surface area (Å²) in [7, 11) is 0. The van der Waals surface area contributed by atoms with E-state index in [2.05, 4.69) is 26.1 Å². The molecule has 0 fully saturated rings. The van der Waals surface area contributed by atoms with Gasteiger partial charge >= 0.3 is 0 Å². The number of nitrogens with one attached hydrogen (secondary N) is 1. The highest BCUT2D eigenvalue weighted by molar-refractivity contribution is 4.67. The fraction of sp³-hybridized carbons (Fsp3) is 1.00. The molecule has 0 aliphatic carbocycles. The largest absolute Gasteiger partial charge is 0.392 e. The summed E-state index contributed by atoms with van der Waals surface area (Å²) in [5.74, 6) is 0.689. The Kier molecular flexibility index (Phi) is 5.51. The van der Waals surface area contributed by atoms with Gasteiger partial charge < -0.3 is 10.4 Å². The van der Waals surface area contributed by atoms with Gasteiger partial charge in [0.2, 0.25) is 0 Å². The van der Waals surface area contributed by atoms with E-state index >= 15 is 0 Å². The quantitative estimate of drug-likeness (QED) is 0.635. The molecule has 0 saturated carbocycles. The van der Waals surface area contributed by atoms with E-state index in [1.807, 2.05) is 0 Å². The Morgan fingerprint density at radius 2 is 1.82 bits per heavy atom. The van der Waals surface area contributed by atoms with E-state index in [1.54, 1.807) is 6.92 Å². The van der Waals surface area contributed by atoms with Gasteiger partial charge in [-0.25, -0.2) is 0 Å². The van der Waals surface area contributed by atoms with Crippen LogP contribution in [0.4, 0.5) is 0 Å². The second-order valence-electron chi connectivity index (χ2n) is 3.43. The molecule has 0 heterocycles. The average molecular weight is 159 g/mol. The molecule has 2 heteroatoms. The van der Waals surface area contributed by atoms with Crippen molar-refractivity contribution in [2.24, 2.45) is 5.92 Å². The zero-order chi connectivity index (χ0) is 8.85. The van der Waals surface area contributed by atoms with Gasteiger partial charge in [0, 0.05) is 12.6 Å². The molecule has 3 unspecified atom stereocenters. The van der Waals surface area contributed by atoms with Crippen LogP contribution in [0, 0.1) is 5.92 Å². The van der Waals surface area contributed by atoms with Crippen LogP contribution in [0.15, 0.2) is 0 Å². The predicted octanol–water partition coefficient (Wildman–Crippen LogP) is 1.39. The van der Waals surface area contributed by atoms with Crippen molar-refractivity contribution in [2.45, 2.75) is 46.3 Å². The molecular formula is C9H21NO. The number of hydrogen-bond acceptors (Lipinski definition) is 2. The summed E-state index contributed by atoms with van der Waals surface area (Å²) in [6, 6.07) is 0.509. The van der Waals surface area contributed by atoms with E-state index < -0.39 is 0 Å². The second-order valence-corrected chi connectivity index (χ2v) is 3.43. The third-order valence-corrected chi connectivity index (χ3v) is 2.23. The second kappa shape index (κ2) is 5.56. The van der Waals surface area contributed by atoms with Crippen molar-refractivity contribution in [1.29, 1.82) is 0 Å². The summed E-state index contributed by atoms with van der Waals surface area (Å²) in [5.41, 5.74) is 0. The van der Waals surface area contributed by atoms with Gasteiger partial charge in [-0.05, 0) is 19.8 Å². The number of rotatable bonds is 5. The first-order valence-electron chi connectivity index (χ1n) is 4.49. The standard InChI is InChI=1S/C9H21NO/c1-5-7(2)9(4)10-6-8(3)11/h7-11H,5-6H2,1-4H3. The van der Waals surface area contributed by atoms with Crippen molar-refractivity contribution >= 4 is 0 Å². The van der Waals surface area contributed by atoms with Crippen LogP contribution in [0.1, 0.15) is 34.1 Å². The Hall–Kier alpha value is -0.0800. The fourth-order valence-corrected chi connectivity index (χ4v) is 0.911. The minimum Gasteiger partial charge on any atom is -0.392 e. The van der Waals surface area contributed by atoms with Crippen molar-refractivity contribution < 1.29 is 5.11 Å². The highest BCUT2D eigenvalue weighted by Crippen LogP contribution is 2.05. The molecule has 0 aromatic heterocycles. The number of aliphatic hydroxyl groups is 1. The highest BCUT2D eigenvalue weighted by Gasteiger charge is 2.09. The van der Waals surface area contributed by atoms with E-state index in [-0.39, 0.29) is 6.10 Å². The highest BCUT2D eigenvalue weighted by atomic mass is 16.3. The smallest absolute Gasteiger partial charge is 0.0636 e. The molecule has 0 rings (SSSR count). The SMILES string of the molecule is CCC(C)C(C)NCC(C)O. The molecule has 2 N–H and O–H groups in total. The van der Waals surface area contributed by atoms with E-state index in [4.69, 9.17) is 5.11 Å². The molecule has 0 aromatic carbocycles. The molecule has 0 spiro atoms. The van der Waals surface area contributed by atoms with Crippen molar-refractivity contribution in [2.75, 3.05) is 6.54 Å². The minimum absolute atomic E-state index is 0.235. The molecule has 68 valence electrons. The molecule has 0 aliphatic heterocycles. The summed E-state index contributed by atoms with van der Waals surface area (Å²) >= 11 is 0. The molecule has 0 aliphatic rings. The maximum absolute atomic E-state index is 8.99. The Morgan fingerprint density at radius 3 is 2.18 bits per heavy atom. The normalized spacial score (nSPS) is 19.4. The van der Waals surface area contributed by atoms with Gasteiger partial charge in [-0.3, -0.25) is 0 Å². The molecule has 0 radical (unpaired) electrons. The van der Waals surface area contributed by atoms with Gasteiger partial charge in [-0.2, -0.15) is 0 Å². The van der Waals surface area contributed by atoms with E-state index in [9.17, 15) is 0 Å². The monoisotopic (exact) mass is 159 g/mol. The zero-order valence-electron chi connectivity index (χ0n) is 8.09. The van der Waals surface area contributed by atoms with Gasteiger partial charge in [-0.1, -0.05) is 20.3 Å². The van der Waals surface area contributed by atoms with Crippen LogP contribution in [0.3, 0.4) is 0 Å². The Morgan fingerprint density at radius 1 is 1.27 bits per heavy atom. The molecule has 0 saturated heterocycles. The topological polar surface area (TPSA) is 32.3 Å². The first-order valence-corrected chi connectivity index (χ1v) is 4.49. The Labute approximate surface area is 70.0 Å². The molecular weight excluding hydrogens is 138 g/mol. The van der Waals surface area contributed by atoms with Crippen LogP contribution in [-0.4, -0.2) is 23.8 Å². The summed E-state index contributed by atoms with van der Waals surface area (Å²) < 4.78 is 0. The zero-order valence-corrected chi connectivity index (χ0v) is 8.09. The maximum Gasteiger partial charge on any atom is 0.0636 e. The third kappa shape index (κ3) is 5.22. The molecule has 3 atom stereocenters. The summed E-state index contributed by atoms with van der Waals surface area (Å²) in [6.45, 7) is 9.07. The van der Waals surface area contributed by atoms with Crippen molar-refractivity contribution in [3.63, 3.8) is 0 Å². The molecule has 11 heavy (non-hydrogen) atoms. The number of aliphatic hydroxyl groups excluding tert-OH is 1. The Bertz CT molecular complexity index is 93.6. The van der Waals surface area contributed by atoms with Crippen LogP contribution >= 0.6 is 0 Å². The van der Waals surface area contributed by atoms with Crippen molar-refractivity contribution in [3.8, 4) is 0 Å². The van der Waals surface area contributed by atoms with Gasteiger partial charge in [0.15, 0.2) is 0 Å². The van der Waals surface area contributed by atoms with Crippen molar-refractivity contribution in [1.82, 2.24) is 5.32 Å². The lowest BCUT2D eigenvalue weighted by Crippen LogP contribution is -2.36. The lowest BCUT2D eigenvalue weighted by atomic mass is 10.0. The van der Waals surface area contributed by atoms with Gasteiger partial charge in [0.25, 0.3) is 0 Å². The van der Waals surface area contributed by atoms with Crippen LogP contribution < -0.4 is 5.32 Å². The van der Waals surface area contributed by atoms with Gasteiger partial charge in [-0.15, -0.1) is 0 Å². The fourth-order valence-electron chi connectivity index (χ4n) is 0.911. The van der Waals surface area contributed by atoms with Crippen LogP contribution in [-0.2, 0) is 0 Å². The van der Waals surface area contributed by atoms with Crippen LogP contribution in [0.2, 0.25) is 0 Å². The minimum atomic E-state index is -0.235. The molecule has 2 nitrogen and oxygen atoms in total. The lowest BCUT2D eigenvalue weighted by Gasteiger charge is -2.20. The predicted molar refractivity (Wildman–Crippen MR) is 48.6 cm³/mol. The van der Waals surface area contributed by atoms with Crippen LogP contribution in [0.25, 0.3) is 0 Å². The van der Waals surface area contributed by atoms with Crippen molar-refractivity contribution in [3.05, 3.63) is 0 Å². The molecule has 0 bridgehead atoms. The van der Waals surface area contributed by atoms with E-state index in [1.165, 1.54) is 6.42 Å². The average Bonchev–Trinajstić information content (AvgIpc) is 1.98. The summed E-state index contributed by atoms with van der Waals surface area (Å²) in [5, 5.41) is 12.3.